The maximum absolute atomic E-state index is 12.9. The maximum Gasteiger partial charge on any atom is 0.416 e. The van der Waals surface area contributed by atoms with E-state index in [0.29, 0.717) is 12.0 Å². The van der Waals surface area contributed by atoms with Crippen LogP contribution in [0, 0.1) is 0 Å². The quantitative estimate of drug-likeness (QED) is 0.798. The molecule has 0 saturated heterocycles. The van der Waals surface area contributed by atoms with E-state index in [-0.39, 0.29) is 22.7 Å². The summed E-state index contributed by atoms with van der Waals surface area (Å²) in [6, 6.07) is 8.82. The molecule has 2 aromatic rings. The summed E-state index contributed by atoms with van der Waals surface area (Å²) < 4.78 is 65.1. The van der Waals surface area contributed by atoms with Gasteiger partial charge in [0.05, 0.1) is 11.3 Å². The van der Waals surface area contributed by atoms with Crippen molar-refractivity contribution < 1.29 is 26.4 Å². The predicted molar refractivity (Wildman–Crippen MR) is 94.1 cm³/mol. The summed E-state index contributed by atoms with van der Waals surface area (Å²) in [6.07, 6.45) is -4.14. The lowest BCUT2D eigenvalue weighted by molar-refractivity contribution is -0.137. The molecule has 1 amide bonds. The van der Waals surface area contributed by atoms with Gasteiger partial charge in [0, 0.05) is 26.2 Å². The molecule has 0 saturated carbocycles. The highest BCUT2D eigenvalue weighted by atomic mass is 32.2. The van der Waals surface area contributed by atoms with Crippen LogP contribution in [0.25, 0.3) is 0 Å². The number of nitrogens with zero attached hydrogens (tertiary/aromatic N) is 2. The van der Waals surface area contributed by atoms with Crippen LogP contribution in [0.5, 0.6) is 0 Å². The monoisotopic (exact) mass is 398 g/mol. The lowest BCUT2D eigenvalue weighted by atomic mass is 10.1. The largest absolute Gasteiger partial charge is 0.416 e. The normalized spacial score (nSPS) is 14.5. The Morgan fingerprint density at radius 1 is 1.11 bits per heavy atom. The molecule has 0 atom stereocenters. The van der Waals surface area contributed by atoms with E-state index >= 15 is 0 Å². The van der Waals surface area contributed by atoms with Crippen LogP contribution in [0.1, 0.15) is 21.5 Å². The van der Waals surface area contributed by atoms with Crippen LogP contribution >= 0.6 is 0 Å². The van der Waals surface area contributed by atoms with Crippen LogP contribution < -0.4 is 4.90 Å². The van der Waals surface area contributed by atoms with Gasteiger partial charge >= 0.3 is 6.18 Å². The van der Waals surface area contributed by atoms with Crippen LogP contribution in [0.15, 0.2) is 47.4 Å². The minimum absolute atomic E-state index is 0.0391. The molecule has 9 heteroatoms. The Kier molecular flexibility index (Phi) is 4.77. The number of anilines is 1. The van der Waals surface area contributed by atoms with Gasteiger partial charge in [-0.3, -0.25) is 4.79 Å². The number of carbonyl (C=O) groups is 1. The molecule has 0 radical (unpaired) electrons. The SMILES string of the molecule is CN(C)S(=O)(=O)c1cccc2c1N(C(=O)c1cccc(C(F)(F)F)c1)CC2. The summed E-state index contributed by atoms with van der Waals surface area (Å²) in [4.78, 5) is 14.1. The van der Waals surface area contributed by atoms with Crippen molar-refractivity contribution in [3.63, 3.8) is 0 Å². The number of benzene rings is 2. The molecule has 0 N–H and O–H groups in total. The Morgan fingerprint density at radius 2 is 1.78 bits per heavy atom. The number of carbonyl (C=O) groups excluding carboxylic acids is 1. The van der Waals surface area contributed by atoms with Gasteiger partial charge in [0.15, 0.2) is 0 Å². The van der Waals surface area contributed by atoms with Crippen molar-refractivity contribution in [2.24, 2.45) is 0 Å². The van der Waals surface area contributed by atoms with E-state index in [9.17, 15) is 26.4 Å². The second-order valence-electron chi connectivity index (χ2n) is 6.34. The molecule has 1 heterocycles. The number of alkyl halides is 3. The summed E-state index contributed by atoms with van der Waals surface area (Å²) in [5.41, 5.74) is -0.177. The van der Waals surface area contributed by atoms with Crippen LogP contribution in [0.2, 0.25) is 0 Å². The number of halogens is 3. The number of rotatable bonds is 3. The minimum atomic E-state index is -4.57. The number of hydrogen-bond donors (Lipinski definition) is 0. The van der Waals surface area contributed by atoms with Gasteiger partial charge in [-0.05, 0) is 36.2 Å². The molecule has 5 nitrogen and oxygen atoms in total. The third-order valence-corrected chi connectivity index (χ3v) is 6.24. The van der Waals surface area contributed by atoms with Gasteiger partial charge in [-0.1, -0.05) is 18.2 Å². The van der Waals surface area contributed by atoms with Gasteiger partial charge in [0.25, 0.3) is 5.91 Å². The van der Waals surface area contributed by atoms with Crippen molar-refractivity contribution in [3.8, 4) is 0 Å². The molecule has 0 spiro atoms. The van der Waals surface area contributed by atoms with Crippen LogP contribution in [0.4, 0.5) is 18.9 Å². The first-order chi connectivity index (χ1) is 12.5. The molecule has 1 aliphatic heterocycles. The van der Waals surface area contributed by atoms with Crippen LogP contribution in [-0.2, 0) is 22.6 Å². The first-order valence-corrected chi connectivity index (χ1v) is 9.51. The molecule has 3 rings (SSSR count). The molecule has 2 aromatic carbocycles. The third-order valence-electron chi connectivity index (χ3n) is 4.40. The van der Waals surface area contributed by atoms with Crippen molar-refractivity contribution in [2.45, 2.75) is 17.5 Å². The molecule has 0 aliphatic carbocycles. The minimum Gasteiger partial charge on any atom is -0.306 e. The second-order valence-corrected chi connectivity index (χ2v) is 8.46. The van der Waals surface area contributed by atoms with Gasteiger partial charge < -0.3 is 4.90 Å². The van der Waals surface area contributed by atoms with Crippen LogP contribution in [-0.4, -0.2) is 39.3 Å². The Hall–Kier alpha value is -2.39. The summed E-state index contributed by atoms with van der Waals surface area (Å²) in [5, 5.41) is 0. The van der Waals surface area contributed by atoms with Gasteiger partial charge in [0.2, 0.25) is 10.0 Å². The molecule has 0 bridgehead atoms. The molecule has 0 fully saturated rings. The Bertz CT molecular complexity index is 1000. The summed E-state index contributed by atoms with van der Waals surface area (Å²) in [7, 11) is -1.07. The first-order valence-electron chi connectivity index (χ1n) is 8.07. The van der Waals surface area contributed by atoms with Crippen LogP contribution in [0.3, 0.4) is 0 Å². The van der Waals surface area contributed by atoms with Crippen molar-refractivity contribution in [1.82, 2.24) is 4.31 Å². The van der Waals surface area contributed by atoms with E-state index in [1.54, 1.807) is 12.1 Å². The maximum atomic E-state index is 12.9. The zero-order valence-electron chi connectivity index (χ0n) is 14.6. The van der Waals surface area contributed by atoms with Gasteiger partial charge in [-0.15, -0.1) is 0 Å². The predicted octanol–water partition coefficient (Wildman–Crippen LogP) is 3.16. The molecule has 1 aliphatic rings. The third kappa shape index (κ3) is 3.44. The zero-order chi connectivity index (χ0) is 20.0. The van der Waals surface area contributed by atoms with E-state index in [1.807, 2.05) is 0 Å². The van der Waals surface area contributed by atoms with E-state index in [0.717, 1.165) is 22.5 Å². The lowest BCUT2D eigenvalue weighted by Gasteiger charge is -2.22. The summed E-state index contributed by atoms with van der Waals surface area (Å²) >= 11 is 0. The van der Waals surface area contributed by atoms with E-state index < -0.39 is 27.7 Å². The Balaban J connectivity index is 2.08. The highest BCUT2D eigenvalue weighted by Gasteiger charge is 2.35. The fourth-order valence-electron chi connectivity index (χ4n) is 3.01. The fourth-order valence-corrected chi connectivity index (χ4v) is 4.14. The average molecular weight is 398 g/mol. The van der Waals surface area contributed by atoms with Gasteiger partial charge in [-0.25, -0.2) is 12.7 Å². The van der Waals surface area contributed by atoms with E-state index in [1.165, 1.54) is 31.1 Å². The molecule has 144 valence electrons. The Morgan fingerprint density at radius 3 is 2.41 bits per heavy atom. The summed E-state index contributed by atoms with van der Waals surface area (Å²) in [6.45, 7) is 0.199. The van der Waals surface area contributed by atoms with Gasteiger partial charge in [-0.2, -0.15) is 13.2 Å². The molecular weight excluding hydrogens is 381 g/mol. The standard InChI is InChI=1S/C18H17F3N2O3S/c1-22(2)27(25,26)15-8-4-5-12-9-10-23(16(12)15)17(24)13-6-3-7-14(11-13)18(19,20)21/h3-8,11H,9-10H2,1-2H3. The second kappa shape index (κ2) is 6.65. The Labute approximate surface area is 155 Å². The molecule has 0 aromatic heterocycles. The van der Waals surface area contributed by atoms with Crippen molar-refractivity contribution in [3.05, 3.63) is 59.2 Å². The molecular formula is C18H17F3N2O3S. The van der Waals surface area contributed by atoms with E-state index in [4.69, 9.17) is 0 Å². The van der Waals surface area contributed by atoms with Crippen molar-refractivity contribution in [1.29, 1.82) is 0 Å². The van der Waals surface area contributed by atoms with E-state index in [2.05, 4.69) is 0 Å². The smallest absolute Gasteiger partial charge is 0.306 e. The highest BCUT2D eigenvalue weighted by molar-refractivity contribution is 7.89. The average Bonchev–Trinajstić information content (AvgIpc) is 3.04. The summed E-state index contributed by atoms with van der Waals surface area (Å²) in [5.74, 6) is -0.666. The van der Waals surface area contributed by atoms with Gasteiger partial charge in [0.1, 0.15) is 4.90 Å². The van der Waals surface area contributed by atoms with Crippen molar-refractivity contribution in [2.75, 3.05) is 25.5 Å². The topological polar surface area (TPSA) is 57.7 Å². The lowest BCUT2D eigenvalue weighted by Crippen LogP contribution is -2.31. The fraction of sp³-hybridized carbons (Fsp3) is 0.278. The molecule has 27 heavy (non-hydrogen) atoms. The zero-order valence-corrected chi connectivity index (χ0v) is 15.4. The molecule has 0 unspecified atom stereocenters. The number of para-hydroxylation sites is 1. The number of fused-ring (bicyclic) bond motifs is 1. The number of sulfonamides is 1. The number of amides is 1. The number of hydrogen-bond acceptors (Lipinski definition) is 3. The highest BCUT2D eigenvalue weighted by Crippen LogP contribution is 2.37. The van der Waals surface area contributed by atoms with Crippen molar-refractivity contribution >= 4 is 21.6 Å². The first kappa shape index (κ1) is 19.4.